The van der Waals surface area contributed by atoms with Gasteiger partial charge < -0.3 is 5.73 Å². The van der Waals surface area contributed by atoms with Gasteiger partial charge in [-0.2, -0.15) is 18.4 Å². The fourth-order valence-electron chi connectivity index (χ4n) is 1.33. The summed E-state index contributed by atoms with van der Waals surface area (Å²) in [6.45, 7) is 0. The number of rotatable bonds is 2. The first kappa shape index (κ1) is 13.4. The van der Waals surface area contributed by atoms with Gasteiger partial charge in [-0.25, -0.2) is 0 Å². The van der Waals surface area contributed by atoms with E-state index in [1.54, 1.807) is 0 Å². The molecule has 0 atom stereocenters. The van der Waals surface area contributed by atoms with Gasteiger partial charge in [0.05, 0.1) is 10.5 Å². The molecule has 0 saturated carbocycles. The highest BCUT2D eigenvalue weighted by Crippen LogP contribution is 2.38. The van der Waals surface area contributed by atoms with Crippen LogP contribution in [0, 0.1) is 21.4 Å². The fraction of sp³-hybridized carbons (Fsp3) is 0.111. The zero-order valence-corrected chi connectivity index (χ0v) is 8.49. The van der Waals surface area contributed by atoms with Gasteiger partial charge in [0.1, 0.15) is 17.2 Å². The predicted octanol–water partition coefficient (Wildman–Crippen LogP) is 1.58. The van der Waals surface area contributed by atoms with E-state index in [1.807, 2.05) is 0 Å². The fourth-order valence-corrected chi connectivity index (χ4v) is 1.33. The standard InChI is InChI=1S/C9H4F3N3O3/c10-9(11,12)6-2-1-4(8(14)16)5(3-13)7(6)15(17)18/h1-2H,(H2,14,16). The van der Waals surface area contributed by atoms with Crippen molar-refractivity contribution in [1.82, 2.24) is 0 Å². The van der Waals surface area contributed by atoms with Crippen LogP contribution in [-0.2, 0) is 6.18 Å². The van der Waals surface area contributed by atoms with Gasteiger partial charge in [0.2, 0.25) is 5.91 Å². The molecule has 0 unspecified atom stereocenters. The molecular weight excluding hydrogens is 255 g/mol. The van der Waals surface area contributed by atoms with Crippen LogP contribution in [0.5, 0.6) is 0 Å². The predicted molar refractivity (Wildman–Crippen MR) is 51.3 cm³/mol. The summed E-state index contributed by atoms with van der Waals surface area (Å²) in [6.07, 6.45) is -5.01. The van der Waals surface area contributed by atoms with Crippen LogP contribution in [-0.4, -0.2) is 10.8 Å². The lowest BCUT2D eigenvalue weighted by Gasteiger charge is -2.09. The summed E-state index contributed by atoms with van der Waals surface area (Å²) < 4.78 is 37.6. The van der Waals surface area contributed by atoms with Crippen LogP contribution in [0.4, 0.5) is 18.9 Å². The maximum Gasteiger partial charge on any atom is 0.423 e. The number of nitriles is 1. The lowest BCUT2D eigenvalue weighted by molar-refractivity contribution is -0.388. The van der Waals surface area contributed by atoms with Crippen molar-refractivity contribution in [3.8, 4) is 6.07 Å². The molecule has 0 saturated heterocycles. The number of nitrogens with zero attached hydrogens (tertiary/aromatic N) is 2. The van der Waals surface area contributed by atoms with Gasteiger partial charge in [-0.3, -0.25) is 14.9 Å². The number of primary amides is 1. The number of carbonyl (C=O) groups excluding carboxylic acids is 1. The summed E-state index contributed by atoms with van der Waals surface area (Å²) >= 11 is 0. The Bertz CT molecular complexity index is 575. The van der Waals surface area contributed by atoms with Gasteiger partial charge in [-0.05, 0) is 12.1 Å². The number of amides is 1. The third-order valence-electron chi connectivity index (χ3n) is 2.04. The minimum atomic E-state index is -5.01. The largest absolute Gasteiger partial charge is 0.423 e. The Kier molecular flexibility index (Phi) is 3.23. The highest BCUT2D eigenvalue weighted by molar-refractivity contribution is 5.97. The quantitative estimate of drug-likeness (QED) is 0.642. The first-order valence-electron chi connectivity index (χ1n) is 4.28. The average molecular weight is 259 g/mol. The molecule has 6 nitrogen and oxygen atoms in total. The van der Waals surface area contributed by atoms with Crippen molar-refractivity contribution in [2.75, 3.05) is 0 Å². The average Bonchev–Trinajstić information content (AvgIpc) is 2.25. The lowest BCUT2D eigenvalue weighted by Crippen LogP contribution is -2.17. The number of nitro benzene ring substituents is 1. The monoisotopic (exact) mass is 259 g/mol. The Balaban J connectivity index is 3.77. The normalized spacial score (nSPS) is 10.8. The van der Waals surface area contributed by atoms with E-state index in [0.29, 0.717) is 12.1 Å². The summed E-state index contributed by atoms with van der Waals surface area (Å²) in [6, 6.07) is 2.18. The van der Waals surface area contributed by atoms with Gasteiger partial charge in [-0.1, -0.05) is 0 Å². The van der Waals surface area contributed by atoms with Gasteiger partial charge in [0, 0.05) is 0 Å². The second kappa shape index (κ2) is 4.33. The molecule has 1 aromatic rings. The number of alkyl halides is 3. The minimum Gasteiger partial charge on any atom is -0.366 e. The van der Waals surface area contributed by atoms with Crippen LogP contribution in [0.1, 0.15) is 21.5 Å². The Morgan fingerprint density at radius 1 is 1.44 bits per heavy atom. The first-order chi connectivity index (χ1) is 8.20. The molecule has 0 aliphatic rings. The molecule has 9 heteroatoms. The van der Waals surface area contributed by atoms with E-state index < -0.39 is 39.4 Å². The molecule has 0 heterocycles. The van der Waals surface area contributed by atoms with E-state index >= 15 is 0 Å². The van der Waals surface area contributed by atoms with Crippen LogP contribution in [0.2, 0.25) is 0 Å². The highest BCUT2D eigenvalue weighted by Gasteiger charge is 2.41. The van der Waals surface area contributed by atoms with Crippen molar-refractivity contribution in [2.45, 2.75) is 6.18 Å². The zero-order chi connectivity index (χ0) is 14.1. The number of nitro groups is 1. The number of hydrogen-bond donors (Lipinski definition) is 1. The van der Waals surface area contributed by atoms with Gasteiger partial charge in [0.15, 0.2) is 0 Å². The molecule has 0 spiro atoms. The van der Waals surface area contributed by atoms with Crippen molar-refractivity contribution in [2.24, 2.45) is 5.73 Å². The number of halogens is 3. The smallest absolute Gasteiger partial charge is 0.366 e. The summed E-state index contributed by atoms with van der Waals surface area (Å²) in [5.74, 6) is -1.22. The molecule has 0 aliphatic heterocycles. The second-order valence-corrected chi connectivity index (χ2v) is 3.12. The maximum atomic E-state index is 12.5. The van der Waals surface area contributed by atoms with Crippen LogP contribution in [0.3, 0.4) is 0 Å². The van der Waals surface area contributed by atoms with Gasteiger partial charge in [0.25, 0.3) is 5.69 Å². The summed E-state index contributed by atoms with van der Waals surface area (Å²) in [5, 5.41) is 19.3. The van der Waals surface area contributed by atoms with Crippen molar-refractivity contribution in [3.05, 3.63) is 38.9 Å². The maximum absolute atomic E-state index is 12.5. The van der Waals surface area contributed by atoms with E-state index in [0.717, 1.165) is 0 Å². The molecule has 0 aliphatic carbocycles. The molecule has 18 heavy (non-hydrogen) atoms. The Hall–Kier alpha value is -2.63. The molecule has 2 N–H and O–H groups in total. The molecule has 94 valence electrons. The second-order valence-electron chi connectivity index (χ2n) is 3.12. The molecule has 1 aromatic carbocycles. The van der Waals surface area contributed by atoms with Crippen molar-refractivity contribution in [3.63, 3.8) is 0 Å². The molecular formula is C9H4F3N3O3. The van der Waals surface area contributed by atoms with E-state index in [9.17, 15) is 28.1 Å². The number of hydrogen-bond acceptors (Lipinski definition) is 4. The van der Waals surface area contributed by atoms with Crippen molar-refractivity contribution >= 4 is 11.6 Å². The summed E-state index contributed by atoms with van der Waals surface area (Å²) in [5.41, 5.74) is 0.125. The van der Waals surface area contributed by atoms with Crippen molar-refractivity contribution in [1.29, 1.82) is 5.26 Å². The zero-order valence-electron chi connectivity index (χ0n) is 8.49. The third kappa shape index (κ3) is 2.22. The van der Waals surface area contributed by atoms with Crippen LogP contribution >= 0.6 is 0 Å². The highest BCUT2D eigenvalue weighted by atomic mass is 19.4. The topological polar surface area (TPSA) is 110 Å². The molecule has 0 radical (unpaired) electrons. The lowest BCUT2D eigenvalue weighted by atomic mass is 10.0. The van der Waals surface area contributed by atoms with Crippen LogP contribution in [0.15, 0.2) is 12.1 Å². The minimum absolute atomic E-state index is 0.346. The van der Waals surface area contributed by atoms with Crippen LogP contribution in [0.25, 0.3) is 0 Å². The number of benzene rings is 1. The molecule has 1 amide bonds. The van der Waals surface area contributed by atoms with E-state index in [4.69, 9.17) is 11.0 Å². The Labute approximate surface area is 97.6 Å². The summed E-state index contributed by atoms with van der Waals surface area (Å²) in [7, 11) is 0. The Morgan fingerprint density at radius 2 is 2.00 bits per heavy atom. The number of nitrogens with two attached hydrogens (primary N) is 1. The molecule has 0 bridgehead atoms. The van der Waals surface area contributed by atoms with Crippen molar-refractivity contribution < 1.29 is 22.9 Å². The SMILES string of the molecule is N#Cc1c(C(N)=O)ccc(C(F)(F)F)c1[N+](=O)[O-]. The molecule has 0 fully saturated rings. The van der Waals surface area contributed by atoms with E-state index in [1.165, 1.54) is 6.07 Å². The van der Waals surface area contributed by atoms with E-state index in [-0.39, 0.29) is 0 Å². The summed E-state index contributed by atoms with van der Waals surface area (Å²) in [4.78, 5) is 20.1. The van der Waals surface area contributed by atoms with Gasteiger partial charge >= 0.3 is 6.18 Å². The molecule has 1 rings (SSSR count). The Morgan fingerprint density at radius 3 is 2.33 bits per heavy atom. The number of carbonyl (C=O) groups is 1. The van der Waals surface area contributed by atoms with Crippen LogP contribution < -0.4 is 5.73 Å². The van der Waals surface area contributed by atoms with Gasteiger partial charge in [-0.15, -0.1) is 0 Å². The van der Waals surface area contributed by atoms with E-state index in [2.05, 4.69) is 0 Å². The first-order valence-corrected chi connectivity index (χ1v) is 4.28. The molecule has 0 aromatic heterocycles. The third-order valence-corrected chi connectivity index (χ3v) is 2.04.